The highest BCUT2D eigenvalue weighted by atomic mass is 16.3. The van der Waals surface area contributed by atoms with Crippen LogP contribution in [-0.4, -0.2) is 27.8 Å². The Hall–Kier alpha value is -1.75. The molecule has 0 radical (unpaired) electrons. The molecule has 1 aromatic rings. The number of carbonyl (C=O) groups excluding carboxylic acids is 1. The zero-order chi connectivity index (χ0) is 20.9. The Morgan fingerprint density at radius 3 is 2.70 bits per heavy atom. The maximum absolute atomic E-state index is 12.5. The molecule has 7 atom stereocenters. The van der Waals surface area contributed by atoms with Gasteiger partial charge in [0.2, 0.25) is 0 Å². The van der Waals surface area contributed by atoms with Crippen LogP contribution in [0, 0.1) is 34.5 Å². The second-order valence-electron chi connectivity index (χ2n) is 10.8. The number of aliphatic hydroxyl groups is 1. The molecule has 4 aliphatic carbocycles. The van der Waals surface area contributed by atoms with Crippen LogP contribution in [0.2, 0.25) is 0 Å². The summed E-state index contributed by atoms with van der Waals surface area (Å²) in [6, 6.07) is 3.44. The fourth-order valence-electron chi connectivity index (χ4n) is 7.89. The third-order valence-electron chi connectivity index (χ3n) is 9.61. The lowest BCUT2D eigenvalue weighted by Gasteiger charge is -2.60. The molecule has 0 bridgehead atoms. The van der Waals surface area contributed by atoms with Gasteiger partial charge in [0.15, 0.2) is 0 Å². The van der Waals surface area contributed by atoms with Gasteiger partial charge >= 0.3 is 0 Å². The van der Waals surface area contributed by atoms with Crippen molar-refractivity contribution in [2.45, 2.75) is 77.7 Å². The summed E-state index contributed by atoms with van der Waals surface area (Å²) < 4.78 is 0. The predicted molar refractivity (Wildman–Crippen MR) is 117 cm³/mol. The van der Waals surface area contributed by atoms with Crippen molar-refractivity contribution in [1.82, 2.24) is 10.4 Å². The number of hydrogen-bond acceptors (Lipinski definition) is 4. The van der Waals surface area contributed by atoms with Gasteiger partial charge in [0.05, 0.1) is 6.10 Å². The molecule has 4 saturated carbocycles. The molecular formula is C25H35N3O2. The van der Waals surface area contributed by atoms with Crippen molar-refractivity contribution in [1.29, 1.82) is 0 Å². The van der Waals surface area contributed by atoms with E-state index in [1.165, 1.54) is 44.2 Å². The Bertz CT molecular complexity index is 840. The molecule has 4 aliphatic rings. The first-order valence-electron chi connectivity index (χ1n) is 11.9. The Morgan fingerprint density at radius 1 is 1.10 bits per heavy atom. The van der Waals surface area contributed by atoms with Gasteiger partial charge in [-0.2, -0.15) is 5.10 Å². The molecule has 1 heterocycles. The summed E-state index contributed by atoms with van der Waals surface area (Å²) in [5.74, 6) is 2.77. The van der Waals surface area contributed by atoms with Gasteiger partial charge in [-0.25, -0.2) is 5.43 Å². The summed E-state index contributed by atoms with van der Waals surface area (Å²) in [6.07, 6.45) is 13.6. The summed E-state index contributed by atoms with van der Waals surface area (Å²) in [5.41, 5.74) is 5.13. The number of aromatic nitrogens is 1. The molecule has 0 saturated heterocycles. The predicted octanol–water partition coefficient (Wildman–Crippen LogP) is 4.57. The lowest BCUT2D eigenvalue weighted by molar-refractivity contribution is -0.113. The molecule has 30 heavy (non-hydrogen) atoms. The third kappa shape index (κ3) is 3.12. The highest BCUT2D eigenvalue weighted by Crippen LogP contribution is 2.65. The summed E-state index contributed by atoms with van der Waals surface area (Å²) in [7, 11) is 0. The first kappa shape index (κ1) is 20.2. The quantitative estimate of drug-likeness (QED) is 0.703. The molecule has 1 aromatic heterocycles. The normalized spacial score (nSPS) is 44.1. The summed E-state index contributed by atoms with van der Waals surface area (Å²) >= 11 is 0. The SMILES string of the molecule is C[C@]12CC[C@@H](O)C[C@@H]1CC[C@@H]1[C@@H]2CC[C@]2(C)/C(=N/NC(=O)c3ccncc3)CC[C@@H]12. The number of carbonyl (C=O) groups is 1. The van der Waals surface area contributed by atoms with Gasteiger partial charge in [-0.1, -0.05) is 13.8 Å². The molecule has 2 N–H and O–H groups in total. The van der Waals surface area contributed by atoms with Crippen LogP contribution in [0.1, 0.15) is 82.0 Å². The molecule has 5 nitrogen and oxygen atoms in total. The number of nitrogens with zero attached hydrogens (tertiary/aromatic N) is 2. The zero-order valence-electron chi connectivity index (χ0n) is 18.3. The lowest BCUT2D eigenvalue weighted by Crippen LogP contribution is -2.54. The van der Waals surface area contributed by atoms with Crippen molar-refractivity contribution >= 4 is 11.6 Å². The van der Waals surface area contributed by atoms with E-state index in [1.807, 2.05) is 0 Å². The molecule has 0 aliphatic heterocycles. The average Bonchev–Trinajstić information content (AvgIpc) is 3.09. The Kier molecular flexibility index (Phi) is 5.00. The van der Waals surface area contributed by atoms with Gasteiger partial charge in [0, 0.05) is 29.1 Å². The van der Waals surface area contributed by atoms with Crippen LogP contribution in [0.3, 0.4) is 0 Å². The topological polar surface area (TPSA) is 74.6 Å². The average molecular weight is 410 g/mol. The first-order valence-corrected chi connectivity index (χ1v) is 11.9. The van der Waals surface area contributed by atoms with Crippen LogP contribution in [0.5, 0.6) is 0 Å². The highest BCUT2D eigenvalue weighted by molar-refractivity contribution is 5.97. The number of rotatable bonds is 2. The van der Waals surface area contributed by atoms with Crippen molar-refractivity contribution in [2.75, 3.05) is 0 Å². The standard InChI is InChI=1S/C25H35N3O2/c1-24-11-7-18(29)15-17(24)3-4-19-20-5-6-22(25(20,2)12-8-21(19)24)27-28-23(30)16-9-13-26-14-10-16/h9-10,13-14,17-21,29H,3-8,11-12,15H2,1-2H3,(H,28,30)/b27-22+/t17-,18+,19-,20-,21-,24-,25-/m0/s1. The van der Waals surface area contributed by atoms with Crippen LogP contribution >= 0.6 is 0 Å². The van der Waals surface area contributed by atoms with Crippen molar-refractivity contribution in [2.24, 2.45) is 39.6 Å². The highest BCUT2D eigenvalue weighted by Gasteiger charge is 2.59. The van der Waals surface area contributed by atoms with E-state index in [-0.39, 0.29) is 17.4 Å². The van der Waals surface area contributed by atoms with Gasteiger partial charge in [-0.15, -0.1) is 0 Å². The second kappa shape index (κ2) is 7.44. The molecule has 0 unspecified atom stereocenters. The van der Waals surface area contributed by atoms with E-state index in [0.717, 1.165) is 31.1 Å². The Morgan fingerprint density at radius 2 is 1.90 bits per heavy atom. The van der Waals surface area contributed by atoms with Gasteiger partial charge in [-0.05, 0) is 99.0 Å². The lowest BCUT2D eigenvalue weighted by atomic mass is 9.45. The van der Waals surface area contributed by atoms with E-state index in [4.69, 9.17) is 0 Å². The maximum Gasteiger partial charge on any atom is 0.271 e. The van der Waals surface area contributed by atoms with Crippen LogP contribution in [-0.2, 0) is 0 Å². The smallest absolute Gasteiger partial charge is 0.271 e. The van der Waals surface area contributed by atoms with E-state index >= 15 is 0 Å². The molecular weight excluding hydrogens is 374 g/mol. The first-order chi connectivity index (χ1) is 14.4. The largest absolute Gasteiger partial charge is 0.393 e. The van der Waals surface area contributed by atoms with E-state index < -0.39 is 0 Å². The fraction of sp³-hybridized carbons (Fsp3) is 0.720. The number of hydrogen-bond donors (Lipinski definition) is 2. The van der Waals surface area contributed by atoms with Gasteiger partial charge < -0.3 is 5.11 Å². The summed E-state index contributed by atoms with van der Waals surface area (Å²) in [4.78, 5) is 16.4. The molecule has 5 heteroatoms. The molecule has 4 fully saturated rings. The van der Waals surface area contributed by atoms with E-state index in [9.17, 15) is 9.90 Å². The van der Waals surface area contributed by atoms with Crippen LogP contribution < -0.4 is 5.43 Å². The molecule has 0 spiro atoms. The number of aliphatic hydroxyl groups excluding tert-OH is 1. The minimum absolute atomic E-state index is 0.0808. The maximum atomic E-state index is 12.5. The van der Waals surface area contributed by atoms with Crippen LogP contribution in [0.15, 0.2) is 29.6 Å². The molecule has 1 amide bonds. The van der Waals surface area contributed by atoms with E-state index in [0.29, 0.717) is 22.8 Å². The fourth-order valence-corrected chi connectivity index (χ4v) is 7.89. The van der Waals surface area contributed by atoms with Crippen LogP contribution in [0.25, 0.3) is 0 Å². The minimum Gasteiger partial charge on any atom is -0.393 e. The number of hydrazone groups is 1. The van der Waals surface area contributed by atoms with Gasteiger partial charge in [-0.3, -0.25) is 9.78 Å². The third-order valence-corrected chi connectivity index (χ3v) is 9.61. The Labute approximate surface area is 179 Å². The number of nitrogens with one attached hydrogen (secondary N) is 1. The van der Waals surface area contributed by atoms with Crippen molar-refractivity contribution in [3.8, 4) is 0 Å². The van der Waals surface area contributed by atoms with Gasteiger partial charge in [0.1, 0.15) is 0 Å². The summed E-state index contributed by atoms with van der Waals surface area (Å²) in [6.45, 7) is 4.93. The minimum atomic E-state index is -0.153. The molecule has 5 rings (SSSR count). The Balaban J connectivity index is 1.33. The number of amides is 1. The van der Waals surface area contributed by atoms with Crippen molar-refractivity contribution in [3.05, 3.63) is 30.1 Å². The molecule has 162 valence electrons. The van der Waals surface area contributed by atoms with Crippen molar-refractivity contribution < 1.29 is 9.90 Å². The van der Waals surface area contributed by atoms with Crippen molar-refractivity contribution in [3.63, 3.8) is 0 Å². The molecule has 0 aromatic carbocycles. The monoisotopic (exact) mass is 409 g/mol. The van der Waals surface area contributed by atoms with Gasteiger partial charge in [0.25, 0.3) is 5.91 Å². The zero-order valence-corrected chi connectivity index (χ0v) is 18.3. The van der Waals surface area contributed by atoms with E-state index in [2.05, 4.69) is 29.4 Å². The summed E-state index contributed by atoms with van der Waals surface area (Å²) in [5, 5.41) is 14.9. The second-order valence-corrected chi connectivity index (χ2v) is 10.8. The van der Waals surface area contributed by atoms with E-state index in [1.54, 1.807) is 24.5 Å². The number of fused-ring (bicyclic) bond motifs is 5. The number of pyridine rings is 1. The van der Waals surface area contributed by atoms with Crippen LogP contribution in [0.4, 0.5) is 0 Å².